The standard InChI is InChI=1S/C23H22ClNO4/c1-28-14-10-11-21(29-2)15(12-14)16-13-22(27)25(18-7-4-3-6-17(18)24)19-8-5-9-20(26)23(16)19/h3-4,6-7,10-12,16H,5,8-9,13H2,1-2H3/t16-/m1/s1. The maximum atomic E-state index is 13.3. The molecule has 0 spiro atoms. The van der Waals surface area contributed by atoms with Gasteiger partial charge in [0.1, 0.15) is 11.5 Å². The summed E-state index contributed by atoms with van der Waals surface area (Å²) in [5.41, 5.74) is 2.85. The summed E-state index contributed by atoms with van der Waals surface area (Å²) < 4.78 is 10.9. The molecule has 0 bridgehead atoms. The lowest BCUT2D eigenvalue weighted by atomic mass is 9.76. The summed E-state index contributed by atoms with van der Waals surface area (Å²) >= 11 is 6.39. The van der Waals surface area contributed by atoms with Crippen molar-refractivity contribution in [1.29, 1.82) is 0 Å². The Morgan fingerprint density at radius 2 is 1.83 bits per heavy atom. The van der Waals surface area contributed by atoms with Crippen LogP contribution in [0.5, 0.6) is 11.5 Å². The smallest absolute Gasteiger partial charge is 0.232 e. The Morgan fingerprint density at radius 1 is 1.03 bits per heavy atom. The molecule has 0 fully saturated rings. The number of nitrogens with zero attached hydrogens (tertiary/aromatic N) is 1. The van der Waals surface area contributed by atoms with Gasteiger partial charge < -0.3 is 9.47 Å². The van der Waals surface area contributed by atoms with Crippen molar-refractivity contribution in [3.05, 3.63) is 64.3 Å². The quantitative estimate of drug-likeness (QED) is 0.719. The van der Waals surface area contributed by atoms with Gasteiger partial charge in [-0.3, -0.25) is 14.5 Å². The summed E-state index contributed by atoms with van der Waals surface area (Å²) in [4.78, 5) is 28.0. The zero-order valence-electron chi connectivity index (χ0n) is 16.4. The molecular weight excluding hydrogens is 390 g/mol. The number of para-hydroxylation sites is 1. The third-order valence-electron chi connectivity index (χ3n) is 5.58. The Labute approximate surface area is 174 Å². The van der Waals surface area contributed by atoms with E-state index in [1.54, 1.807) is 31.3 Å². The Bertz CT molecular complexity index is 1010. The molecule has 0 saturated heterocycles. The number of hydrogen-bond donors (Lipinski definition) is 0. The highest BCUT2D eigenvalue weighted by atomic mass is 35.5. The Hall–Kier alpha value is -2.79. The minimum atomic E-state index is -0.367. The molecule has 1 heterocycles. The molecule has 1 atom stereocenters. The number of methoxy groups -OCH3 is 2. The lowest BCUT2D eigenvalue weighted by Gasteiger charge is -2.39. The van der Waals surface area contributed by atoms with Gasteiger partial charge in [-0.25, -0.2) is 0 Å². The average Bonchev–Trinajstić information content (AvgIpc) is 2.73. The maximum absolute atomic E-state index is 13.3. The highest BCUT2D eigenvalue weighted by molar-refractivity contribution is 6.34. The minimum Gasteiger partial charge on any atom is -0.497 e. The van der Waals surface area contributed by atoms with E-state index in [1.807, 2.05) is 30.3 Å². The van der Waals surface area contributed by atoms with Crippen LogP contribution in [-0.2, 0) is 9.59 Å². The SMILES string of the molecule is COc1ccc(OC)c([C@H]2CC(=O)N(c3ccccc3Cl)C3=C2C(=O)CCC3)c1. The molecule has 1 aliphatic carbocycles. The summed E-state index contributed by atoms with van der Waals surface area (Å²) in [7, 11) is 3.18. The van der Waals surface area contributed by atoms with E-state index >= 15 is 0 Å². The van der Waals surface area contributed by atoms with Crippen molar-refractivity contribution >= 4 is 29.0 Å². The third-order valence-corrected chi connectivity index (χ3v) is 5.90. The van der Waals surface area contributed by atoms with E-state index in [2.05, 4.69) is 0 Å². The molecular formula is C23H22ClNO4. The van der Waals surface area contributed by atoms with Gasteiger partial charge in [-0.2, -0.15) is 0 Å². The molecule has 0 saturated carbocycles. The number of allylic oxidation sites excluding steroid dienone is 2. The second-order valence-electron chi connectivity index (χ2n) is 7.18. The van der Waals surface area contributed by atoms with E-state index in [-0.39, 0.29) is 24.0 Å². The maximum Gasteiger partial charge on any atom is 0.232 e. The van der Waals surface area contributed by atoms with Crippen LogP contribution < -0.4 is 14.4 Å². The van der Waals surface area contributed by atoms with Gasteiger partial charge in [0.25, 0.3) is 0 Å². The van der Waals surface area contributed by atoms with E-state index in [9.17, 15) is 9.59 Å². The van der Waals surface area contributed by atoms with Gasteiger partial charge >= 0.3 is 0 Å². The molecule has 5 nitrogen and oxygen atoms in total. The van der Waals surface area contributed by atoms with Crippen LogP contribution in [0.3, 0.4) is 0 Å². The number of anilines is 1. The number of hydrogen-bond acceptors (Lipinski definition) is 4. The van der Waals surface area contributed by atoms with Gasteiger partial charge in [0, 0.05) is 35.6 Å². The van der Waals surface area contributed by atoms with Crippen LogP contribution in [0, 0.1) is 0 Å². The molecule has 0 radical (unpaired) electrons. The van der Waals surface area contributed by atoms with Gasteiger partial charge in [-0.1, -0.05) is 23.7 Å². The first-order valence-electron chi connectivity index (χ1n) is 9.60. The Balaban J connectivity index is 1.91. The number of ketones is 1. The van der Waals surface area contributed by atoms with Crippen LogP contribution in [0.25, 0.3) is 0 Å². The van der Waals surface area contributed by atoms with Crippen LogP contribution in [0.4, 0.5) is 5.69 Å². The Kier molecular flexibility index (Phi) is 5.33. The summed E-state index contributed by atoms with van der Waals surface area (Å²) in [6.07, 6.45) is 2.01. The van der Waals surface area contributed by atoms with Crippen molar-refractivity contribution < 1.29 is 19.1 Å². The zero-order valence-corrected chi connectivity index (χ0v) is 17.2. The summed E-state index contributed by atoms with van der Waals surface area (Å²) in [6.45, 7) is 0. The van der Waals surface area contributed by atoms with Gasteiger partial charge in [0.05, 0.1) is 24.9 Å². The first-order chi connectivity index (χ1) is 14.0. The average molecular weight is 412 g/mol. The highest BCUT2D eigenvalue weighted by Crippen LogP contribution is 2.47. The van der Waals surface area contributed by atoms with Crippen LogP contribution in [-0.4, -0.2) is 25.9 Å². The fourth-order valence-corrected chi connectivity index (χ4v) is 4.50. The van der Waals surface area contributed by atoms with E-state index in [0.29, 0.717) is 47.0 Å². The summed E-state index contributed by atoms with van der Waals surface area (Å²) in [5, 5.41) is 0.489. The predicted octanol–water partition coefficient (Wildman–Crippen LogP) is 4.88. The molecule has 1 amide bonds. The van der Waals surface area contributed by atoms with Crippen LogP contribution in [0.1, 0.15) is 37.2 Å². The van der Waals surface area contributed by atoms with Gasteiger partial charge in [-0.15, -0.1) is 0 Å². The fourth-order valence-electron chi connectivity index (χ4n) is 4.28. The van der Waals surface area contributed by atoms with Crippen LogP contribution >= 0.6 is 11.6 Å². The number of Topliss-reactive ketones (excluding diaryl/α,β-unsaturated/α-hetero) is 1. The number of carbonyl (C=O) groups excluding carboxylic acids is 2. The zero-order chi connectivity index (χ0) is 20.5. The number of halogens is 1. The molecule has 4 rings (SSSR count). The molecule has 0 N–H and O–H groups in total. The lowest BCUT2D eigenvalue weighted by Crippen LogP contribution is -2.40. The van der Waals surface area contributed by atoms with Crippen molar-refractivity contribution in [1.82, 2.24) is 0 Å². The van der Waals surface area contributed by atoms with Crippen LogP contribution in [0.2, 0.25) is 5.02 Å². The first kappa shape index (κ1) is 19.5. The van der Waals surface area contributed by atoms with E-state index in [1.165, 1.54) is 0 Å². The second kappa shape index (κ2) is 7.91. The largest absolute Gasteiger partial charge is 0.497 e. The number of rotatable bonds is 4. The fraction of sp³-hybridized carbons (Fsp3) is 0.304. The molecule has 0 aromatic heterocycles. The summed E-state index contributed by atoms with van der Waals surface area (Å²) in [6, 6.07) is 12.7. The Morgan fingerprint density at radius 3 is 2.55 bits per heavy atom. The van der Waals surface area contributed by atoms with Crippen molar-refractivity contribution in [2.75, 3.05) is 19.1 Å². The van der Waals surface area contributed by atoms with Crippen molar-refractivity contribution in [2.45, 2.75) is 31.6 Å². The minimum absolute atomic E-state index is 0.0747. The van der Waals surface area contributed by atoms with E-state index in [4.69, 9.17) is 21.1 Å². The normalized spacial score (nSPS) is 19.3. The first-order valence-corrected chi connectivity index (χ1v) is 9.98. The second-order valence-corrected chi connectivity index (χ2v) is 7.59. The number of benzene rings is 2. The lowest BCUT2D eigenvalue weighted by molar-refractivity contribution is -0.119. The van der Waals surface area contributed by atoms with E-state index < -0.39 is 0 Å². The summed E-state index contributed by atoms with van der Waals surface area (Å²) in [5.74, 6) is 0.924. The third kappa shape index (κ3) is 3.40. The molecule has 2 aromatic carbocycles. The number of amides is 1. The predicted molar refractivity (Wildman–Crippen MR) is 112 cm³/mol. The van der Waals surface area contributed by atoms with Gasteiger partial charge in [0.2, 0.25) is 5.91 Å². The van der Waals surface area contributed by atoms with Crippen molar-refractivity contribution in [3.8, 4) is 11.5 Å². The number of ether oxygens (including phenoxy) is 2. The van der Waals surface area contributed by atoms with Crippen LogP contribution in [0.15, 0.2) is 53.7 Å². The molecule has 1 aliphatic heterocycles. The van der Waals surface area contributed by atoms with Crippen molar-refractivity contribution in [2.24, 2.45) is 0 Å². The number of carbonyl (C=O) groups is 2. The van der Waals surface area contributed by atoms with E-state index in [0.717, 1.165) is 11.3 Å². The molecule has 150 valence electrons. The molecule has 29 heavy (non-hydrogen) atoms. The van der Waals surface area contributed by atoms with Gasteiger partial charge in [0.15, 0.2) is 5.78 Å². The van der Waals surface area contributed by atoms with Crippen molar-refractivity contribution in [3.63, 3.8) is 0 Å². The molecule has 6 heteroatoms. The van der Waals surface area contributed by atoms with Gasteiger partial charge in [-0.05, 0) is 43.2 Å². The monoisotopic (exact) mass is 411 g/mol. The molecule has 2 aliphatic rings. The molecule has 2 aromatic rings. The molecule has 0 unspecified atom stereocenters. The highest BCUT2D eigenvalue weighted by Gasteiger charge is 2.41. The topological polar surface area (TPSA) is 55.8 Å².